The number of aryl methyl sites for hydroxylation is 1. The summed E-state index contributed by atoms with van der Waals surface area (Å²) in [6.45, 7) is 2.16. The fourth-order valence-electron chi connectivity index (χ4n) is 3.43. The number of nitrogens with zero attached hydrogens (tertiary/aromatic N) is 2. The van der Waals surface area contributed by atoms with Crippen LogP contribution in [0.15, 0.2) is 30.5 Å². The van der Waals surface area contributed by atoms with E-state index in [1.165, 1.54) is 29.3 Å². The van der Waals surface area contributed by atoms with E-state index in [0.29, 0.717) is 6.42 Å². The average molecular weight is 238 g/mol. The van der Waals surface area contributed by atoms with Crippen LogP contribution in [-0.4, -0.2) is 4.57 Å². The van der Waals surface area contributed by atoms with Crippen molar-refractivity contribution in [3.8, 4) is 6.07 Å². The highest BCUT2D eigenvalue weighted by atomic mass is 15.1. The number of aromatic nitrogens is 1. The van der Waals surface area contributed by atoms with Crippen LogP contribution in [0.5, 0.6) is 0 Å². The first-order chi connectivity index (χ1) is 8.77. The predicted molar refractivity (Wildman–Crippen MR) is 73.3 cm³/mol. The van der Waals surface area contributed by atoms with Gasteiger partial charge in [0.2, 0.25) is 0 Å². The van der Waals surface area contributed by atoms with Gasteiger partial charge in [0, 0.05) is 17.1 Å². The van der Waals surface area contributed by atoms with Crippen molar-refractivity contribution < 1.29 is 0 Å². The van der Waals surface area contributed by atoms with E-state index in [1.54, 1.807) is 0 Å². The molecule has 1 aliphatic rings. The monoisotopic (exact) mass is 238 g/mol. The molecule has 1 saturated carbocycles. The van der Waals surface area contributed by atoms with Crippen LogP contribution in [0.4, 0.5) is 0 Å². The van der Waals surface area contributed by atoms with E-state index in [2.05, 4.69) is 48.0 Å². The van der Waals surface area contributed by atoms with Gasteiger partial charge >= 0.3 is 0 Å². The maximum Gasteiger partial charge on any atom is 0.0646 e. The number of rotatable bonds is 2. The molecule has 0 radical (unpaired) electrons. The summed E-state index contributed by atoms with van der Waals surface area (Å²) < 4.78 is 2.38. The molecule has 0 atom stereocenters. The standard InChI is InChI=1S/C16H18N2/c1-13-12-18(15-7-3-2-6-14(13)15)16(10-11-17)8-4-5-9-16/h2-3,6-7,12H,4-5,8-10H2,1H3. The Balaban J connectivity index is 2.21. The van der Waals surface area contributed by atoms with Crippen molar-refractivity contribution >= 4 is 10.9 Å². The fourth-order valence-corrected chi connectivity index (χ4v) is 3.43. The summed E-state index contributed by atoms with van der Waals surface area (Å²) in [6.07, 6.45) is 7.64. The smallest absolute Gasteiger partial charge is 0.0646 e. The predicted octanol–water partition coefficient (Wildman–Crippen LogP) is 4.13. The van der Waals surface area contributed by atoms with Crippen LogP contribution in [-0.2, 0) is 5.54 Å². The summed E-state index contributed by atoms with van der Waals surface area (Å²) in [7, 11) is 0. The lowest BCUT2D eigenvalue weighted by Crippen LogP contribution is -2.29. The van der Waals surface area contributed by atoms with Crippen LogP contribution < -0.4 is 0 Å². The second-order valence-corrected chi connectivity index (χ2v) is 5.47. The average Bonchev–Trinajstić information content (AvgIpc) is 2.97. The maximum absolute atomic E-state index is 9.17. The molecule has 3 rings (SSSR count). The summed E-state index contributed by atoms with van der Waals surface area (Å²) in [5.41, 5.74) is 2.64. The van der Waals surface area contributed by atoms with Gasteiger partial charge in [-0.05, 0) is 31.4 Å². The van der Waals surface area contributed by atoms with Gasteiger partial charge in [0.1, 0.15) is 0 Å². The van der Waals surface area contributed by atoms with Gasteiger partial charge in [-0.1, -0.05) is 31.0 Å². The highest BCUT2D eigenvalue weighted by Gasteiger charge is 2.36. The molecule has 1 aliphatic carbocycles. The molecule has 0 amide bonds. The number of hydrogen-bond donors (Lipinski definition) is 0. The second kappa shape index (κ2) is 4.17. The Morgan fingerprint density at radius 2 is 2.00 bits per heavy atom. The van der Waals surface area contributed by atoms with Crippen molar-refractivity contribution in [2.75, 3.05) is 0 Å². The van der Waals surface area contributed by atoms with Crippen LogP contribution in [0, 0.1) is 18.3 Å². The molecule has 1 heterocycles. The molecule has 0 aliphatic heterocycles. The maximum atomic E-state index is 9.17. The van der Waals surface area contributed by atoms with Gasteiger partial charge in [0.25, 0.3) is 0 Å². The van der Waals surface area contributed by atoms with Crippen molar-refractivity contribution in [3.05, 3.63) is 36.0 Å². The molecule has 0 bridgehead atoms. The largest absolute Gasteiger partial charge is 0.340 e. The molecule has 0 unspecified atom stereocenters. The quantitative estimate of drug-likeness (QED) is 0.773. The van der Waals surface area contributed by atoms with Crippen LogP contribution in [0.1, 0.15) is 37.7 Å². The second-order valence-electron chi connectivity index (χ2n) is 5.47. The zero-order chi connectivity index (χ0) is 12.6. The number of benzene rings is 1. The molecule has 1 fully saturated rings. The summed E-state index contributed by atoms with van der Waals surface area (Å²) in [5.74, 6) is 0. The van der Waals surface area contributed by atoms with Gasteiger partial charge in [0.05, 0.1) is 18.0 Å². The van der Waals surface area contributed by atoms with Crippen molar-refractivity contribution in [1.82, 2.24) is 4.57 Å². The van der Waals surface area contributed by atoms with Gasteiger partial charge in [-0.15, -0.1) is 0 Å². The Bertz CT molecular complexity index is 610. The minimum absolute atomic E-state index is 0.0443. The Hall–Kier alpha value is -1.75. The zero-order valence-corrected chi connectivity index (χ0v) is 10.8. The van der Waals surface area contributed by atoms with E-state index < -0.39 is 0 Å². The lowest BCUT2D eigenvalue weighted by atomic mass is 9.93. The minimum atomic E-state index is 0.0443. The molecule has 1 aromatic carbocycles. The third-order valence-electron chi connectivity index (χ3n) is 4.36. The lowest BCUT2D eigenvalue weighted by Gasteiger charge is -2.29. The topological polar surface area (TPSA) is 28.7 Å². The van der Waals surface area contributed by atoms with Crippen LogP contribution in [0.2, 0.25) is 0 Å². The Kier molecular flexibility index (Phi) is 2.63. The summed E-state index contributed by atoms with van der Waals surface area (Å²) in [5, 5.41) is 10.5. The number of fused-ring (bicyclic) bond motifs is 1. The van der Waals surface area contributed by atoms with Crippen LogP contribution in [0.25, 0.3) is 10.9 Å². The van der Waals surface area contributed by atoms with Gasteiger partial charge in [0.15, 0.2) is 0 Å². The first-order valence-electron chi connectivity index (χ1n) is 6.71. The van der Waals surface area contributed by atoms with E-state index in [4.69, 9.17) is 5.26 Å². The summed E-state index contributed by atoms with van der Waals surface area (Å²) in [4.78, 5) is 0. The molecule has 1 aromatic heterocycles. The van der Waals surface area contributed by atoms with E-state index in [0.717, 1.165) is 12.8 Å². The van der Waals surface area contributed by atoms with Crippen LogP contribution in [0.3, 0.4) is 0 Å². The minimum Gasteiger partial charge on any atom is -0.340 e. The summed E-state index contributed by atoms with van der Waals surface area (Å²) >= 11 is 0. The van der Waals surface area contributed by atoms with E-state index in [-0.39, 0.29) is 5.54 Å². The van der Waals surface area contributed by atoms with E-state index in [1.807, 2.05) is 0 Å². The van der Waals surface area contributed by atoms with E-state index >= 15 is 0 Å². The van der Waals surface area contributed by atoms with Gasteiger partial charge in [-0.25, -0.2) is 0 Å². The number of hydrogen-bond acceptors (Lipinski definition) is 1. The first kappa shape index (κ1) is 11.3. The molecule has 92 valence electrons. The normalized spacial score (nSPS) is 18.0. The Morgan fingerprint density at radius 1 is 1.28 bits per heavy atom. The van der Waals surface area contributed by atoms with Crippen LogP contribution >= 0.6 is 0 Å². The highest BCUT2D eigenvalue weighted by Crippen LogP contribution is 2.42. The fraction of sp³-hybridized carbons (Fsp3) is 0.438. The molecular formula is C16H18N2. The van der Waals surface area contributed by atoms with Crippen molar-refractivity contribution in [1.29, 1.82) is 5.26 Å². The van der Waals surface area contributed by atoms with Gasteiger partial charge in [-0.3, -0.25) is 0 Å². The number of para-hydroxylation sites is 1. The van der Waals surface area contributed by atoms with Gasteiger partial charge in [-0.2, -0.15) is 5.26 Å². The molecule has 2 heteroatoms. The third-order valence-corrected chi connectivity index (χ3v) is 4.36. The molecule has 2 nitrogen and oxygen atoms in total. The molecule has 0 spiro atoms. The zero-order valence-electron chi connectivity index (χ0n) is 10.8. The molecule has 0 N–H and O–H groups in total. The molecule has 0 saturated heterocycles. The number of nitriles is 1. The van der Waals surface area contributed by atoms with Crippen molar-refractivity contribution in [2.24, 2.45) is 0 Å². The Morgan fingerprint density at radius 3 is 2.72 bits per heavy atom. The Labute approximate surface area is 108 Å². The summed E-state index contributed by atoms with van der Waals surface area (Å²) in [6, 6.07) is 10.9. The third kappa shape index (κ3) is 1.54. The molecular weight excluding hydrogens is 220 g/mol. The SMILES string of the molecule is Cc1cn(C2(CC#N)CCCC2)c2ccccc12. The van der Waals surface area contributed by atoms with Gasteiger partial charge < -0.3 is 4.57 Å². The molecule has 2 aromatic rings. The van der Waals surface area contributed by atoms with Crippen molar-refractivity contribution in [2.45, 2.75) is 44.6 Å². The molecule has 18 heavy (non-hydrogen) atoms. The van der Waals surface area contributed by atoms with E-state index in [9.17, 15) is 0 Å². The lowest BCUT2D eigenvalue weighted by molar-refractivity contribution is 0.310. The first-order valence-corrected chi connectivity index (χ1v) is 6.71. The van der Waals surface area contributed by atoms with Crippen molar-refractivity contribution in [3.63, 3.8) is 0 Å². The highest BCUT2D eigenvalue weighted by molar-refractivity contribution is 5.84.